The van der Waals surface area contributed by atoms with Crippen LogP contribution in [0.4, 0.5) is 15.3 Å². The zero-order chi connectivity index (χ0) is 14.5. The van der Waals surface area contributed by atoms with Gasteiger partial charge in [0.2, 0.25) is 0 Å². The molecule has 0 aliphatic heterocycles. The molecule has 0 aromatic heterocycles. The van der Waals surface area contributed by atoms with Gasteiger partial charge in [-0.25, -0.2) is 9.59 Å². The van der Waals surface area contributed by atoms with Crippen molar-refractivity contribution in [3.8, 4) is 11.5 Å². The highest BCUT2D eigenvalue weighted by atomic mass is 16.6. The first-order valence-corrected chi connectivity index (χ1v) is 5.73. The van der Waals surface area contributed by atoms with Gasteiger partial charge >= 0.3 is 12.1 Å². The third-order valence-electron chi connectivity index (χ3n) is 2.46. The van der Waals surface area contributed by atoms with E-state index in [1.807, 2.05) is 0 Å². The number of nitrogens with two attached hydrogens (primary N) is 1. The average Bonchev–Trinajstić information content (AvgIpc) is 2.42. The maximum Gasteiger partial charge on any atom is 0.428 e. The van der Waals surface area contributed by atoms with E-state index in [1.54, 1.807) is 30.3 Å². The monoisotopic (exact) mass is 272 g/mol. The fraction of sp³-hybridized carbons (Fsp3) is 0. The number of ether oxygens (including phenoxy) is 1. The van der Waals surface area contributed by atoms with Gasteiger partial charge in [0, 0.05) is 0 Å². The topological polar surface area (TPSA) is 92.9 Å². The molecule has 6 heteroatoms. The first kappa shape index (κ1) is 13.4. The number of amides is 3. The number of aromatic hydroxyl groups is 1. The van der Waals surface area contributed by atoms with Gasteiger partial charge in [0.1, 0.15) is 11.5 Å². The molecule has 2 rings (SSSR count). The fourth-order valence-electron chi connectivity index (χ4n) is 1.56. The van der Waals surface area contributed by atoms with Crippen molar-refractivity contribution < 1.29 is 19.4 Å². The molecule has 0 aliphatic carbocycles. The largest absolute Gasteiger partial charge is 0.508 e. The van der Waals surface area contributed by atoms with Gasteiger partial charge in [0.25, 0.3) is 0 Å². The number of hydrogen-bond donors (Lipinski definition) is 2. The van der Waals surface area contributed by atoms with Crippen molar-refractivity contribution in [2.45, 2.75) is 0 Å². The van der Waals surface area contributed by atoms with Crippen molar-refractivity contribution in [3.05, 3.63) is 54.6 Å². The number of nitrogens with zero attached hydrogens (tertiary/aromatic N) is 1. The Morgan fingerprint density at radius 3 is 2.15 bits per heavy atom. The van der Waals surface area contributed by atoms with Crippen LogP contribution in [-0.2, 0) is 0 Å². The molecule has 0 radical (unpaired) electrons. The Balaban J connectivity index is 2.23. The summed E-state index contributed by atoms with van der Waals surface area (Å²) >= 11 is 0. The van der Waals surface area contributed by atoms with E-state index in [-0.39, 0.29) is 11.4 Å². The third-order valence-corrected chi connectivity index (χ3v) is 2.46. The highest BCUT2D eigenvalue weighted by Gasteiger charge is 2.23. The minimum Gasteiger partial charge on any atom is -0.508 e. The number of urea groups is 1. The van der Waals surface area contributed by atoms with E-state index in [2.05, 4.69) is 0 Å². The van der Waals surface area contributed by atoms with Crippen LogP contribution in [0.3, 0.4) is 0 Å². The van der Waals surface area contributed by atoms with Crippen LogP contribution < -0.4 is 15.4 Å². The van der Waals surface area contributed by atoms with Crippen LogP contribution in [0.25, 0.3) is 0 Å². The number of carbonyl (C=O) groups excluding carboxylic acids is 2. The molecule has 102 valence electrons. The van der Waals surface area contributed by atoms with Crippen LogP contribution in [-0.4, -0.2) is 17.2 Å². The second kappa shape index (κ2) is 5.75. The molecule has 0 atom stereocenters. The number of phenols is 1. The molecule has 0 unspecified atom stereocenters. The lowest BCUT2D eigenvalue weighted by Crippen LogP contribution is -2.42. The number of phenolic OH excluding ortho intramolecular Hbond substituents is 1. The Bertz CT molecular complexity index is 611. The van der Waals surface area contributed by atoms with Crippen molar-refractivity contribution in [2.75, 3.05) is 4.90 Å². The Morgan fingerprint density at radius 1 is 1.00 bits per heavy atom. The minimum absolute atomic E-state index is 0.00889. The van der Waals surface area contributed by atoms with Gasteiger partial charge in [-0.05, 0) is 36.4 Å². The zero-order valence-corrected chi connectivity index (χ0v) is 10.4. The van der Waals surface area contributed by atoms with Crippen LogP contribution in [0.5, 0.6) is 11.5 Å². The molecular formula is C14H12N2O4. The predicted octanol–water partition coefficient (Wildman–Crippen LogP) is 2.48. The van der Waals surface area contributed by atoms with Crippen molar-refractivity contribution >= 4 is 17.8 Å². The number of benzene rings is 2. The maximum absolute atomic E-state index is 12.0. The van der Waals surface area contributed by atoms with E-state index in [4.69, 9.17) is 10.5 Å². The lowest BCUT2D eigenvalue weighted by molar-refractivity contribution is 0.206. The summed E-state index contributed by atoms with van der Waals surface area (Å²) < 4.78 is 5.05. The number of rotatable bonds is 2. The fourth-order valence-corrected chi connectivity index (χ4v) is 1.56. The Kier molecular flexibility index (Phi) is 3.85. The molecule has 20 heavy (non-hydrogen) atoms. The number of anilines is 1. The molecule has 0 saturated heterocycles. The summed E-state index contributed by atoms with van der Waals surface area (Å²) in [6.07, 6.45) is -0.922. The Labute approximate surface area is 115 Å². The van der Waals surface area contributed by atoms with Gasteiger partial charge in [-0.2, -0.15) is 4.90 Å². The van der Waals surface area contributed by atoms with E-state index in [9.17, 15) is 14.7 Å². The maximum atomic E-state index is 12.0. The van der Waals surface area contributed by atoms with Crippen molar-refractivity contribution in [2.24, 2.45) is 5.73 Å². The minimum atomic E-state index is -0.975. The van der Waals surface area contributed by atoms with Gasteiger partial charge in [-0.15, -0.1) is 0 Å². The van der Waals surface area contributed by atoms with Crippen LogP contribution >= 0.6 is 0 Å². The predicted molar refractivity (Wildman–Crippen MR) is 72.6 cm³/mol. The summed E-state index contributed by atoms with van der Waals surface area (Å²) in [5.74, 6) is 0.303. The first-order chi connectivity index (χ1) is 9.58. The summed E-state index contributed by atoms with van der Waals surface area (Å²) in [4.78, 5) is 24.1. The van der Waals surface area contributed by atoms with E-state index in [0.717, 1.165) is 0 Å². The van der Waals surface area contributed by atoms with E-state index in [1.165, 1.54) is 24.3 Å². The first-order valence-electron chi connectivity index (χ1n) is 5.73. The normalized spacial score (nSPS) is 9.80. The van der Waals surface area contributed by atoms with Gasteiger partial charge in [0.05, 0.1) is 5.69 Å². The summed E-state index contributed by atoms with van der Waals surface area (Å²) in [7, 11) is 0. The number of primary amides is 1. The lowest BCUT2D eigenvalue weighted by atomic mass is 10.3. The van der Waals surface area contributed by atoms with Crippen LogP contribution in [0.1, 0.15) is 0 Å². The molecule has 0 spiro atoms. The number of hydrogen-bond acceptors (Lipinski definition) is 4. The molecule has 0 bridgehead atoms. The number of carbonyl (C=O) groups is 2. The SMILES string of the molecule is NC(=O)N(C(=O)Oc1ccccc1)c1ccc(O)cc1. The van der Waals surface area contributed by atoms with Crippen molar-refractivity contribution in [1.29, 1.82) is 0 Å². The molecule has 3 N–H and O–H groups in total. The molecule has 0 heterocycles. The van der Waals surface area contributed by atoms with E-state index in [0.29, 0.717) is 10.6 Å². The van der Waals surface area contributed by atoms with E-state index < -0.39 is 12.1 Å². The Morgan fingerprint density at radius 2 is 1.60 bits per heavy atom. The van der Waals surface area contributed by atoms with Gasteiger partial charge in [-0.1, -0.05) is 18.2 Å². The summed E-state index contributed by atoms with van der Waals surface area (Å²) in [5, 5.41) is 9.20. The van der Waals surface area contributed by atoms with Crippen molar-refractivity contribution in [3.63, 3.8) is 0 Å². The second-order valence-electron chi connectivity index (χ2n) is 3.87. The van der Waals surface area contributed by atoms with Crippen LogP contribution in [0.15, 0.2) is 54.6 Å². The van der Waals surface area contributed by atoms with Gasteiger partial charge in [-0.3, -0.25) is 0 Å². The second-order valence-corrected chi connectivity index (χ2v) is 3.87. The zero-order valence-electron chi connectivity index (χ0n) is 10.4. The van der Waals surface area contributed by atoms with Crippen LogP contribution in [0, 0.1) is 0 Å². The summed E-state index contributed by atoms with van der Waals surface area (Å²) in [6, 6.07) is 12.8. The van der Waals surface area contributed by atoms with Gasteiger partial charge in [0.15, 0.2) is 0 Å². The van der Waals surface area contributed by atoms with Crippen molar-refractivity contribution in [1.82, 2.24) is 0 Å². The number of para-hydroxylation sites is 1. The van der Waals surface area contributed by atoms with Gasteiger partial charge < -0.3 is 15.6 Å². The molecule has 0 saturated carbocycles. The molecule has 3 amide bonds. The molecule has 2 aromatic rings. The molecule has 0 fully saturated rings. The molecule has 0 aliphatic rings. The lowest BCUT2D eigenvalue weighted by Gasteiger charge is -2.17. The smallest absolute Gasteiger partial charge is 0.428 e. The van der Waals surface area contributed by atoms with Crippen LogP contribution in [0.2, 0.25) is 0 Å². The third kappa shape index (κ3) is 3.05. The molecule has 2 aromatic carbocycles. The molecular weight excluding hydrogens is 260 g/mol. The highest BCUT2D eigenvalue weighted by Crippen LogP contribution is 2.20. The van der Waals surface area contributed by atoms with E-state index >= 15 is 0 Å². The number of imide groups is 1. The summed E-state index contributed by atoms with van der Waals surface area (Å²) in [6.45, 7) is 0. The molecule has 6 nitrogen and oxygen atoms in total. The summed E-state index contributed by atoms with van der Waals surface area (Å²) in [5.41, 5.74) is 5.39. The average molecular weight is 272 g/mol. The quantitative estimate of drug-likeness (QED) is 0.878. The Hall–Kier alpha value is -3.02. The highest BCUT2D eigenvalue weighted by molar-refractivity contribution is 6.11. The standard InChI is InChI=1S/C14H12N2O4/c15-13(18)16(10-6-8-11(17)9-7-10)14(19)20-12-4-2-1-3-5-12/h1-9,17H,(H2,15,18).